The molecule has 0 unspecified atom stereocenters. The van der Waals surface area contributed by atoms with Gasteiger partial charge in [-0.2, -0.15) is 0 Å². The number of aromatic hydroxyl groups is 4. The molecule has 0 amide bonds. The Morgan fingerprint density at radius 3 is 2.33 bits per heavy atom. The smallest absolute Gasteiger partial charge is 0.200 e. The Kier molecular flexibility index (Phi) is 10.6. The third-order valence-electron chi connectivity index (χ3n) is 10.4. The Morgan fingerprint density at radius 1 is 0.843 bits per heavy atom. The molecule has 0 radical (unpaired) electrons. The number of ketones is 1. The van der Waals surface area contributed by atoms with Crippen molar-refractivity contribution in [2.45, 2.75) is 57.5 Å². The quantitative estimate of drug-likeness (QED) is 0.0697. The Bertz CT molecular complexity index is 1960. The highest BCUT2D eigenvalue weighted by Crippen LogP contribution is 2.53. The molecule has 1 heterocycles. The van der Waals surface area contributed by atoms with Crippen molar-refractivity contribution in [3.8, 4) is 34.5 Å². The number of carbonyl (C=O) groups is 1. The van der Waals surface area contributed by atoms with Crippen molar-refractivity contribution in [2.24, 2.45) is 11.3 Å². The van der Waals surface area contributed by atoms with Crippen LogP contribution >= 0.6 is 0 Å². The molecule has 1 aliphatic heterocycles. The number of phenolic OH excluding ortho intramolecular Hbond substituents is 4. The first-order valence-corrected chi connectivity index (χ1v) is 17.4. The number of allylic oxidation sites excluding steroid dienone is 2. The zero-order valence-electron chi connectivity index (χ0n) is 29.0. The van der Waals surface area contributed by atoms with Gasteiger partial charge in [-0.05, 0) is 114 Å². The minimum Gasteiger partial charge on any atom is -0.508 e. The van der Waals surface area contributed by atoms with Gasteiger partial charge in [-0.25, -0.2) is 0 Å². The van der Waals surface area contributed by atoms with Crippen molar-refractivity contribution < 1.29 is 39.8 Å². The van der Waals surface area contributed by atoms with E-state index in [1.54, 1.807) is 36.4 Å². The van der Waals surface area contributed by atoms with E-state index in [2.05, 4.69) is 22.8 Å². The SMILES string of the molecule is COc1cc(CC[C@@H](O)[C@H](C(=O)CCc2cc(O)c(O)c(OC)c2)C2(C3=CCNC(Nc4ccc5cc(O)ccc5c4)=C3)CCCC2)ccc1O. The highest BCUT2D eigenvalue weighted by molar-refractivity contribution is 5.87. The maximum atomic E-state index is 14.5. The number of anilines is 1. The van der Waals surface area contributed by atoms with Gasteiger partial charge in [0.15, 0.2) is 23.0 Å². The van der Waals surface area contributed by atoms with Crippen LogP contribution in [-0.2, 0) is 17.6 Å². The lowest BCUT2D eigenvalue weighted by molar-refractivity contribution is -0.131. The van der Waals surface area contributed by atoms with Crippen molar-refractivity contribution in [1.29, 1.82) is 0 Å². The largest absolute Gasteiger partial charge is 0.508 e. The number of rotatable bonds is 14. The summed E-state index contributed by atoms with van der Waals surface area (Å²) in [4.78, 5) is 14.5. The van der Waals surface area contributed by atoms with Crippen molar-refractivity contribution in [3.05, 3.63) is 101 Å². The van der Waals surface area contributed by atoms with Crippen LogP contribution in [0.1, 0.15) is 49.7 Å². The lowest BCUT2D eigenvalue weighted by Gasteiger charge is -2.42. The number of methoxy groups -OCH3 is 2. The van der Waals surface area contributed by atoms with E-state index in [1.807, 2.05) is 24.3 Å². The first-order chi connectivity index (χ1) is 24.6. The molecular weight excluding hydrogens is 648 g/mol. The summed E-state index contributed by atoms with van der Waals surface area (Å²) < 4.78 is 10.5. The van der Waals surface area contributed by atoms with Gasteiger partial charge in [-0.15, -0.1) is 0 Å². The number of aryl methyl sites for hydroxylation is 2. The van der Waals surface area contributed by atoms with Gasteiger partial charge in [0.25, 0.3) is 0 Å². The van der Waals surface area contributed by atoms with Crippen LogP contribution in [0.4, 0.5) is 5.69 Å². The molecule has 0 aromatic heterocycles. The summed E-state index contributed by atoms with van der Waals surface area (Å²) >= 11 is 0. The number of aliphatic hydroxyl groups excluding tert-OH is 1. The molecule has 0 spiro atoms. The number of phenols is 4. The van der Waals surface area contributed by atoms with Crippen LogP contribution in [0.5, 0.6) is 34.5 Å². The molecule has 2 aliphatic rings. The molecule has 10 nitrogen and oxygen atoms in total. The number of fused-ring (bicyclic) bond motifs is 1. The van der Waals surface area contributed by atoms with Crippen LogP contribution < -0.4 is 20.1 Å². The second-order valence-electron chi connectivity index (χ2n) is 13.6. The van der Waals surface area contributed by atoms with E-state index in [1.165, 1.54) is 20.3 Å². The number of aliphatic hydroxyl groups is 1. The zero-order valence-corrected chi connectivity index (χ0v) is 29.0. The van der Waals surface area contributed by atoms with Crippen molar-refractivity contribution >= 4 is 22.2 Å². The molecule has 1 aliphatic carbocycles. The third-order valence-corrected chi connectivity index (χ3v) is 10.4. The highest BCUT2D eigenvalue weighted by Gasteiger charge is 2.49. The average Bonchev–Trinajstić information content (AvgIpc) is 3.62. The van der Waals surface area contributed by atoms with Gasteiger partial charge in [0.1, 0.15) is 17.4 Å². The van der Waals surface area contributed by atoms with E-state index in [0.29, 0.717) is 37.1 Å². The number of ether oxygens (including phenoxy) is 2. The number of hydrogen-bond acceptors (Lipinski definition) is 10. The van der Waals surface area contributed by atoms with Crippen LogP contribution in [0.2, 0.25) is 0 Å². The first-order valence-electron chi connectivity index (χ1n) is 17.4. The van der Waals surface area contributed by atoms with Crippen LogP contribution in [-0.4, -0.2) is 58.2 Å². The third kappa shape index (κ3) is 7.71. The van der Waals surface area contributed by atoms with E-state index in [-0.39, 0.29) is 41.0 Å². The second-order valence-corrected chi connectivity index (χ2v) is 13.6. The molecule has 4 aromatic rings. The minimum absolute atomic E-state index is 0.0358. The summed E-state index contributed by atoms with van der Waals surface area (Å²) in [6.07, 6.45) is 7.79. The van der Waals surface area contributed by atoms with E-state index in [9.17, 15) is 30.3 Å². The molecule has 0 saturated heterocycles. The summed E-state index contributed by atoms with van der Waals surface area (Å²) in [5, 5.41) is 61.3. The highest BCUT2D eigenvalue weighted by atomic mass is 16.5. The molecule has 268 valence electrons. The summed E-state index contributed by atoms with van der Waals surface area (Å²) in [5.74, 6) is 0.0688. The van der Waals surface area contributed by atoms with Gasteiger partial charge in [-0.3, -0.25) is 4.79 Å². The summed E-state index contributed by atoms with van der Waals surface area (Å²) in [6, 6.07) is 19.4. The van der Waals surface area contributed by atoms with Crippen LogP contribution in [0.15, 0.2) is 90.3 Å². The van der Waals surface area contributed by atoms with E-state index < -0.39 is 17.4 Å². The molecule has 7 N–H and O–H groups in total. The minimum atomic E-state index is -0.962. The topological polar surface area (TPSA) is 161 Å². The zero-order chi connectivity index (χ0) is 36.1. The van der Waals surface area contributed by atoms with Crippen molar-refractivity contribution in [3.63, 3.8) is 0 Å². The molecule has 0 bridgehead atoms. The molecule has 2 atom stereocenters. The fourth-order valence-corrected chi connectivity index (χ4v) is 7.84. The van der Waals surface area contributed by atoms with Gasteiger partial charge in [0.2, 0.25) is 5.75 Å². The van der Waals surface area contributed by atoms with E-state index >= 15 is 0 Å². The molecule has 4 aromatic carbocycles. The number of benzene rings is 4. The summed E-state index contributed by atoms with van der Waals surface area (Å²) in [5.41, 5.74) is 2.80. The van der Waals surface area contributed by atoms with Crippen LogP contribution in [0.25, 0.3) is 10.8 Å². The van der Waals surface area contributed by atoms with Gasteiger partial charge in [0.05, 0.1) is 26.2 Å². The van der Waals surface area contributed by atoms with Gasteiger partial charge < -0.3 is 45.6 Å². The summed E-state index contributed by atoms with van der Waals surface area (Å²) in [7, 11) is 2.89. The fraction of sp³-hybridized carbons (Fsp3) is 0.341. The summed E-state index contributed by atoms with van der Waals surface area (Å²) in [6.45, 7) is 0.550. The second kappa shape index (κ2) is 15.3. The lowest BCUT2D eigenvalue weighted by Crippen LogP contribution is -2.44. The average molecular weight is 695 g/mol. The van der Waals surface area contributed by atoms with Gasteiger partial charge in [-0.1, -0.05) is 37.1 Å². The maximum Gasteiger partial charge on any atom is 0.200 e. The number of Topliss-reactive ketones (excluding diaryl/α,β-unsaturated/α-hetero) is 1. The van der Waals surface area contributed by atoms with Gasteiger partial charge >= 0.3 is 0 Å². The Morgan fingerprint density at radius 2 is 1.57 bits per heavy atom. The van der Waals surface area contributed by atoms with Crippen LogP contribution in [0.3, 0.4) is 0 Å². The molecule has 6 rings (SSSR count). The maximum absolute atomic E-state index is 14.5. The normalized spacial score (nSPS) is 16.5. The molecule has 1 fully saturated rings. The first kappa shape index (κ1) is 35.5. The predicted molar refractivity (Wildman–Crippen MR) is 196 cm³/mol. The molecule has 10 heteroatoms. The fourth-order valence-electron chi connectivity index (χ4n) is 7.84. The van der Waals surface area contributed by atoms with E-state index in [0.717, 1.165) is 59.1 Å². The standard InChI is InChI=1S/C41H46N2O8/c1-50-36-20-25(5-12-32(36)45)6-13-33(46)39(34(47)14-7-26-19-35(48)40(49)37(21-26)51-2)41(16-3-4-17-41)29-15-18-42-38(24-29)43-30-10-8-28-23-31(44)11-9-27(28)22-30/h5,8-12,15,19-24,33,39,42-46,48-49H,3-4,6-7,13-14,16-18H2,1-2H3/t33-,39-/m1/s1. The Labute approximate surface area is 297 Å². The Hall–Kier alpha value is -5.35. The number of dihydropyridines is 1. The van der Waals surface area contributed by atoms with Gasteiger partial charge in [0, 0.05) is 24.1 Å². The molecule has 51 heavy (non-hydrogen) atoms. The predicted octanol–water partition coefficient (Wildman–Crippen LogP) is 6.83. The van der Waals surface area contributed by atoms with Crippen molar-refractivity contribution in [2.75, 3.05) is 26.1 Å². The lowest BCUT2D eigenvalue weighted by atomic mass is 9.63. The molecule has 1 saturated carbocycles. The monoisotopic (exact) mass is 694 g/mol. The molecular formula is C41H46N2O8. The Balaban J connectivity index is 1.30. The number of carbonyl (C=O) groups excluding carboxylic acids is 1. The van der Waals surface area contributed by atoms with E-state index in [4.69, 9.17) is 9.47 Å². The van der Waals surface area contributed by atoms with Crippen molar-refractivity contribution in [1.82, 2.24) is 5.32 Å². The number of hydrogen-bond donors (Lipinski definition) is 7. The van der Waals surface area contributed by atoms with Crippen LogP contribution in [0, 0.1) is 11.3 Å². The number of nitrogens with one attached hydrogen (secondary N) is 2.